The number of carbonyl (C=O) groups is 1. The van der Waals surface area contributed by atoms with E-state index in [0.29, 0.717) is 13.0 Å². The Morgan fingerprint density at radius 2 is 2.06 bits per heavy atom. The zero-order chi connectivity index (χ0) is 12.0. The number of carbonyl (C=O) groups excluding carboxylic acids is 1. The number of methoxy groups -OCH3 is 1. The van der Waals surface area contributed by atoms with E-state index in [2.05, 4.69) is 12.2 Å². The van der Waals surface area contributed by atoms with Gasteiger partial charge in [0.05, 0.1) is 0 Å². The van der Waals surface area contributed by atoms with E-state index in [1.807, 2.05) is 11.9 Å². The van der Waals surface area contributed by atoms with E-state index in [0.717, 1.165) is 32.4 Å². The van der Waals surface area contributed by atoms with Crippen LogP contribution >= 0.6 is 0 Å². The second kappa shape index (κ2) is 6.21. The number of nitrogens with zero attached hydrogens (tertiary/aromatic N) is 1. The number of hydrogen-bond acceptors (Lipinski definition) is 3. The largest absolute Gasteiger partial charge is 0.385 e. The summed E-state index contributed by atoms with van der Waals surface area (Å²) < 4.78 is 4.95. The van der Waals surface area contributed by atoms with E-state index in [1.165, 1.54) is 0 Å². The van der Waals surface area contributed by atoms with Crippen LogP contribution in [0, 0.1) is 0 Å². The lowest BCUT2D eigenvalue weighted by atomic mass is 9.90. The third kappa shape index (κ3) is 3.76. The van der Waals surface area contributed by atoms with Crippen LogP contribution < -0.4 is 5.32 Å². The molecule has 94 valence electrons. The van der Waals surface area contributed by atoms with Crippen molar-refractivity contribution < 1.29 is 9.53 Å². The first-order valence-electron chi connectivity index (χ1n) is 6.07. The molecule has 1 rings (SSSR count). The van der Waals surface area contributed by atoms with E-state index in [1.54, 1.807) is 7.11 Å². The summed E-state index contributed by atoms with van der Waals surface area (Å²) in [6.45, 7) is 4.65. The smallest absolute Gasteiger partial charge is 0.222 e. The fourth-order valence-electron chi connectivity index (χ4n) is 2.03. The molecule has 1 saturated heterocycles. The molecule has 16 heavy (non-hydrogen) atoms. The van der Waals surface area contributed by atoms with Crippen molar-refractivity contribution in [1.82, 2.24) is 10.2 Å². The number of nitrogens with one attached hydrogen (secondary N) is 1. The Hall–Kier alpha value is -0.610. The maximum atomic E-state index is 11.8. The second-order valence-corrected chi connectivity index (χ2v) is 4.79. The zero-order valence-corrected chi connectivity index (χ0v) is 10.7. The van der Waals surface area contributed by atoms with Crippen molar-refractivity contribution in [3.63, 3.8) is 0 Å². The Morgan fingerprint density at radius 1 is 1.44 bits per heavy atom. The van der Waals surface area contributed by atoms with E-state index < -0.39 is 0 Å². The minimum absolute atomic E-state index is 0.212. The Labute approximate surface area is 98.3 Å². The Bertz CT molecular complexity index is 223. The normalized spacial score (nSPS) is 19.8. The lowest BCUT2D eigenvalue weighted by Crippen LogP contribution is -2.51. The fraction of sp³-hybridized carbons (Fsp3) is 0.917. The van der Waals surface area contributed by atoms with Crippen molar-refractivity contribution in [2.24, 2.45) is 0 Å². The first kappa shape index (κ1) is 13.5. The number of piperidine rings is 1. The van der Waals surface area contributed by atoms with E-state index in [4.69, 9.17) is 4.74 Å². The summed E-state index contributed by atoms with van der Waals surface area (Å²) in [7, 11) is 3.67. The Morgan fingerprint density at radius 3 is 2.56 bits per heavy atom. The third-order valence-corrected chi connectivity index (χ3v) is 3.56. The molecule has 1 aliphatic rings. The van der Waals surface area contributed by atoms with Gasteiger partial charge in [0.25, 0.3) is 0 Å². The Balaban J connectivity index is 2.27. The molecule has 0 saturated carbocycles. The van der Waals surface area contributed by atoms with Crippen molar-refractivity contribution in [2.45, 2.75) is 38.1 Å². The molecule has 1 amide bonds. The first-order valence-corrected chi connectivity index (χ1v) is 6.07. The molecule has 0 aromatic heterocycles. The molecular formula is C12H24N2O2. The average Bonchev–Trinajstić information content (AvgIpc) is 2.30. The number of likely N-dealkylation sites (tertiary alicyclic amines) is 1. The average molecular weight is 228 g/mol. The molecule has 0 unspecified atom stereocenters. The molecule has 0 radical (unpaired) electrons. The standard InChI is InChI=1S/C12H24N2O2/c1-12(13-2)6-8-14(9-7-12)11(15)5-4-10-16-3/h13H,4-10H2,1-3H3. The van der Waals surface area contributed by atoms with Crippen LogP contribution in [0.5, 0.6) is 0 Å². The zero-order valence-electron chi connectivity index (χ0n) is 10.7. The summed E-state index contributed by atoms with van der Waals surface area (Å²) in [5.74, 6) is 0.273. The summed E-state index contributed by atoms with van der Waals surface area (Å²) in [5.41, 5.74) is 0.212. The van der Waals surface area contributed by atoms with Crippen molar-refractivity contribution in [3.8, 4) is 0 Å². The molecule has 0 spiro atoms. The van der Waals surface area contributed by atoms with Gasteiger partial charge in [0.1, 0.15) is 0 Å². The second-order valence-electron chi connectivity index (χ2n) is 4.79. The quantitative estimate of drug-likeness (QED) is 0.714. The van der Waals surface area contributed by atoms with Crippen LogP contribution in [0.1, 0.15) is 32.6 Å². The van der Waals surface area contributed by atoms with Gasteiger partial charge in [-0.2, -0.15) is 0 Å². The molecule has 1 heterocycles. The van der Waals surface area contributed by atoms with E-state index in [-0.39, 0.29) is 11.4 Å². The summed E-state index contributed by atoms with van der Waals surface area (Å²) in [4.78, 5) is 13.8. The molecule has 0 aromatic carbocycles. The van der Waals surface area contributed by atoms with Gasteiger partial charge in [-0.25, -0.2) is 0 Å². The third-order valence-electron chi connectivity index (χ3n) is 3.56. The van der Waals surface area contributed by atoms with Crippen LogP contribution in [-0.2, 0) is 9.53 Å². The summed E-state index contributed by atoms with van der Waals surface area (Å²) in [5, 5.41) is 3.33. The van der Waals surface area contributed by atoms with Crippen LogP contribution in [0.2, 0.25) is 0 Å². The highest BCUT2D eigenvalue weighted by atomic mass is 16.5. The lowest BCUT2D eigenvalue weighted by Gasteiger charge is -2.39. The van der Waals surface area contributed by atoms with Crippen LogP contribution in [-0.4, -0.2) is 50.2 Å². The predicted octanol–water partition coefficient (Wildman–Crippen LogP) is 1.01. The number of hydrogen-bond donors (Lipinski definition) is 1. The molecule has 0 bridgehead atoms. The van der Waals surface area contributed by atoms with Gasteiger partial charge in [-0.1, -0.05) is 0 Å². The number of ether oxygens (including phenoxy) is 1. The topological polar surface area (TPSA) is 41.6 Å². The summed E-state index contributed by atoms with van der Waals surface area (Å²) in [6.07, 6.45) is 3.53. The Kier molecular flexibility index (Phi) is 5.22. The summed E-state index contributed by atoms with van der Waals surface area (Å²) in [6, 6.07) is 0. The molecule has 0 aromatic rings. The molecule has 0 aliphatic carbocycles. The number of amides is 1. The van der Waals surface area contributed by atoms with E-state index in [9.17, 15) is 4.79 Å². The molecule has 0 atom stereocenters. The maximum absolute atomic E-state index is 11.8. The van der Waals surface area contributed by atoms with Gasteiger partial charge in [-0.15, -0.1) is 0 Å². The van der Waals surface area contributed by atoms with Crippen molar-refractivity contribution >= 4 is 5.91 Å². The molecule has 4 heteroatoms. The van der Waals surface area contributed by atoms with Crippen molar-refractivity contribution in [1.29, 1.82) is 0 Å². The SMILES string of the molecule is CNC1(C)CCN(C(=O)CCCOC)CC1. The highest BCUT2D eigenvalue weighted by Gasteiger charge is 2.29. The minimum Gasteiger partial charge on any atom is -0.385 e. The van der Waals surface area contributed by atoms with E-state index >= 15 is 0 Å². The van der Waals surface area contributed by atoms with Gasteiger partial charge >= 0.3 is 0 Å². The molecule has 4 nitrogen and oxygen atoms in total. The van der Waals surface area contributed by atoms with Gasteiger partial charge in [0, 0.05) is 38.8 Å². The minimum atomic E-state index is 0.212. The molecule has 1 N–H and O–H groups in total. The van der Waals surface area contributed by atoms with Crippen LogP contribution in [0.15, 0.2) is 0 Å². The predicted molar refractivity (Wildman–Crippen MR) is 64.4 cm³/mol. The first-order chi connectivity index (χ1) is 7.61. The lowest BCUT2D eigenvalue weighted by molar-refractivity contribution is -0.133. The van der Waals surface area contributed by atoms with Crippen LogP contribution in [0.4, 0.5) is 0 Å². The summed E-state index contributed by atoms with van der Waals surface area (Å²) >= 11 is 0. The van der Waals surface area contributed by atoms with Crippen LogP contribution in [0.3, 0.4) is 0 Å². The molecular weight excluding hydrogens is 204 g/mol. The van der Waals surface area contributed by atoms with Gasteiger partial charge in [-0.3, -0.25) is 4.79 Å². The van der Waals surface area contributed by atoms with Gasteiger partial charge in [0.2, 0.25) is 5.91 Å². The highest BCUT2D eigenvalue weighted by Crippen LogP contribution is 2.21. The highest BCUT2D eigenvalue weighted by molar-refractivity contribution is 5.76. The fourth-order valence-corrected chi connectivity index (χ4v) is 2.03. The number of rotatable bonds is 5. The van der Waals surface area contributed by atoms with Gasteiger partial charge in [-0.05, 0) is 33.2 Å². The van der Waals surface area contributed by atoms with Crippen LogP contribution in [0.25, 0.3) is 0 Å². The molecule has 1 aliphatic heterocycles. The maximum Gasteiger partial charge on any atom is 0.222 e. The molecule has 1 fully saturated rings. The van der Waals surface area contributed by atoms with Crippen molar-refractivity contribution in [2.75, 3.05) is 33.9 Å². The van der Waals surface area contributed by atoms with Gasteiger partial charge < -0.3 is 15.0 Å². The van der Waals surface area contributed by atoms with Crippen molar-refractivity contribution in [3.05, 3.63) is 0 Å². The monoisotopic (exact) mass is 228 g/mol. The van der Waals surface area contributed by atoms with Gasteiger partial charge in [0.15, 0.2) is 0 Å².